The predicted molar refractivity (Wildman–Crippen MR) is 60.9 cm³/mol. The minimum Gasteiger partial charge on any atom is -0.338 e. The predicted octanol–water partition coefficient (Wildman–Crippen LogP) is 1.71. The smallest absolute Gasteiger partial charge is 0.338 e. The fourth-order valence-electron chi connectivity index (χ4n) is 2.45. The van der Waals surface area contributed by atoms with Crippen molar-refractivity contribution < 1.29 is 18.0 Å². The maximum Gasteiger partial charge on any atom is 0.412 e. The first kappa shape index (κ1) is 13.4. The maximum absolute atomic E-state index is 12.4. The summed E-state index contributed by atoms with van der Waals surface area (Å²) in [6, 6.07) is 0. The van der Waals surface area contributed by atoms with E-state index >= 15 is 0 Å². The van der Waals surface area contributed by atoms with Gasteiger partial charge in [0.15, 0.2) is 0 Å². The van der Waals surface area contributed by atoms with Gasteiger partial charge in [0.2, 0.25) is 5.91 Å². The zero-order valence-corrected chi connectivity index (χ0v) is 10.1. The first-order valence-electron chi connectivity index (χ1n) is 6.24. The number of alkyl halides is 3. The highest BCUT2D eigenvalue weighted by Gasteiger charge is 2.36. The van der Waals surface area contributed by atoms with E-state index in [-0.39, 0.29) is 31.3 Å². The van der Waals surface area contributed by atoms with Crippen molar-refractivity contribution in [2.24, 2.45) is 5.92 Å². The molecule has 0 aliphatic carbocycles. The molecular formula is C12H17F3N2O. The van der Waals surface area contributed by atoms with Crippen LogP contribution in [0.4, 0.5) is 13.2 Å². The Labute approximate surface area is 104 Å². The van der Waals surface area contributed by atoms with Crippen LogP contribution in [0.1, 0.15) is 19.3 Å². The summed E-state index contributed by atoms with van der Waals surface area (Å²) in [6.45, 7) is 1.83. The number of rotatable bonds is 1. The van der Waals surface area contributed by atoms with E-state index in [0.717, 1.165) is 25.5 Å². The van der Waals surface area contributed by atoms with E-state index in [9.17, 15) is 18.0 Å². The molecule has 0 aromatic carbocycles. The number of hydrogen-bond donors (Lipinski definition) is 1. The number of nitrogens with zero attached hydrogens (tertiary/aromatic N) is 1. The summed E-state index contributed by atoms with van der Waals surface area (Å²) in [6.07, 6.45) is -1.42. The molecule has 18 heavy (non-hydrogen) atoms. The van der Waals surface area contributed by atoms with Gasteiger partial charge in [0.25, 0.3) is 0 Å². The third-order valence-electron chi connectivity index (χ3n) is 3.53. The summed E-state index contributed by atoms with van der Waals surface area (Å²) in [5.41, 5.74) is -0.506. The van der Waals surface area contributed by atoms with Crippen LogP contribution in [0.15, 0.2) is 11.6 Å². The molecule has 3 nitrogen and oxygen atoms in total. The number of carbonyl (C=O) groups is 1. The molecule has 0 bridgehead atoms. The van der Waals surface area contributed by atoms with Crippen LogP contribution in [-0.2, 0) is 4.79 Å². The van der Waals surface area contributed by atoms with Gasteiger partial charge in [-0.3, -0.25) is 4.79 Å². The van der Waals surface area contributed by atoms with Crippen molar-refractivity contribution in [3.8, 4) is 0 Å². The fraction of sp³-hybridized carbons (Fsp3) is 0.750. The number of halogens is 3. The molecule has 1 atom stereocenters. The average molecular weight is 262 g/mol. The molecule has 0 spiro atoms. The van der Waals surface area contributed by atoms with Crippen LogP contribution in [0.2, 0.25) is 0 Å². The monoisotopic (exact) mass is 262 g/mol. The highest BCUT2D eigenvalue weighted by molar-refractivity contribution is 5.79. The second-order valence-electron chi connectivity index (χ2n) is 4.80. The van der Waals surface area contributed by atoms with Gasteiger partial charge in [0.05, 0.1) is 5.92 Å². The molecule has 1 amide bonds. The lowest BCUT2D eigenvalue weighted by molar-refractivity contribution is -0.136. The first-order chi connectivity index (χ1) is 8.48. The van der Waals surface area contributed by atoms with Crippen LogP contribution in [0.5, 0.6) is 0 Å². The van der Waals surface area contributed by atoms with E-state index in [1.165, 1.54) is 4.90 Å². The molecule has 0 unspecified atom stereocenters. The minimum atomic E-state index is -4.25. The van der Waals surface area contributed by atoms with Crippen molar-refractivity contribution in [1.82, 2.24) is 10.2 Å². The molecule has 0 aromatic rings. The number of amides is 1. The van der Waals surface area contributed by atoms with Gasteiger partial charge in [-0.25, -0.2) is 0 Å². The van der Waals surface area contributed by atoms with Crippen molar-refractivity contribution in [2.75, 3.05) is 26.2 Å². The summed E-state index contributed by atoms with van der Waals surface area (Å²) in [4.78, 5) is 13.6. The fourth-order valence-corrected chi connectivity index (χ4v) is 2.45. The Balaban J connectivity index is 1.92. The summed E-state index contributed by atoms with van der Waals surface area (Å²) in [5.74, 6) is -0.0840. The third-order valence-corrected chi connectivity index (χ3v) is 3.53. The Morgan fingerprint density at radius 2 is 2.22 bits per heavy atom. The molecule has 2 aliphatic heterocycles. The number of piperidine rings is 1. The Hall–Kier alpha value is -1.04. The zero-order valence-electron chi connectivity index (χ0n) is 10.1. The lowest BCUT2D eigenvalue weighted by Gasteiger charge is -2.32. The molecule has 0 saturated carbocycles. The van der Waals surface area contributed by atoms with E-state index in [2.05, 4.69) is 5.32 Å². The second-order valence-corrected chi connectivity index (χ2v) is 4.80. The topological polar surface area (TPSA) is 32.3 Å². The molecule has 2 aliphatic rings. The summed E-state index contributed by atoms with van der Waals surface area (Å²) in [5, 5.41) is 3.14. The van der Waals surface area contributed by atoms with Gasteiger partial charge in [-0.15, -0.1) is 0 Å². The van der Waals surface area contributed by atoms with Gasteiger partial charge >= 0.3 is 6.18 Å². The van der Waals surface area contributed by atoms with Gasteiger partial charge in [-0.05, 0) is 25.8 Å². The lowest BCUT2D eigenvalue weighted by Crippen LogP contribution is -2.45. The summed E-state index contributed by atoms with van der Waals surface area (Å²) in [7, 11) is 0. The van der Waals surface area contributed by atoms with Crippen LogP contribution < -0.4 is 5.32 Å². The number of carbonyl (C=O) groups excluding carboxylic acids is 1. The van der Waals surface area contributed by atoms with E-state index < -0.39 is 11.7 Å². The van der Waals surface area contributed by atoms with Gasteiger partial charge in [0.1, 0.15) is 0 Å². The van der Waals surface area contributed by atoms with Crippen molar-refractivity contribution in [2.45, 2.75) is 25.4 Å². The largest absolute Gasteiger partial charge is 0.412 e. The summed E-state index contributed by atoms with van der Waals surface area (Å²) < 4.78 is 37.3. The molecule has 0 aromatic heterocycles. The van der Waals surface area contributed by atoms with E-state index in [0.29, 0.717) is 6.54 Å². The highest BCUT2D eigenvalue weighted by atomic mass is 19.4. The SMILES string of the molecule is O=C([C@H]1CCCNC1)N1CC=C(C(F)(F)F)CC1. The average Bonchev–Trinajstić information content (AvgIpc) is 2.38. The first-order valence-corrected chi connectivity index (χ1v) is 6.24. The van der Waals surface area contributed by atoms with Crippen LogP contribution >= 0.6 is 0 Å². The second kappa shape index (κ2) is 5.30. The number of hydrogen-bond acceptors (Lipinski definition) is 2. The molecular weight excluding hydrogens is 245 g/mol. The molecule has 1 fully saturated rings. The zero-order chi connectivity index (χ0) is 13.2. The summed E-state index contributed by atoms with van der Waals surface area (Å²) >= 11 is 0. The quantitative estimate of drug-likeness (QED) is 0.730. The lowest BCUT2D eigenvalue weighted by atomic mass is 9.97. The normalized spacial score (nSPS) is 25.8. The van der Waals surface area contributed by atoms with Gasteiger partial charge in [-0.1, -0.05) is 6.08 Å². The Morgan fingerprint density at radius 3 is 2.72 bits per heavy atom. The van der Waals surface area contributed by atoms with Gasteiger partial charge in [0, 0.05) is 25.2 Å². The molecule has 2 rings (SSSR count). The Morgan fingerprint density at radius 1 is 1.44 bits per heavy atom. The maximum atomic E-state index is 12.4. The van der Waals surface area contributed by atoms with Gasteiger partial charge < -0.3 is 10.2 Å². The molecule has 0 radical (unpaired) electrons. The van der Waals surface area contributed by atoms with Crippen LogP contribution in [0.3, 0.4) is 0 Å². The van der Waals surface area contributed by atoms with Crippen LogP contribution in [0, 0.1) is 5.92 Å². The Kier molecular flexibility index (Phi) is 3.94. The van der Waals surface area contributed by atoms with E-state index in [1.807, 2.05) is 0 Å². The van der Waals surface area contributed by atoms with Crippen molar-refractivity contribution in [3.05, 3.63) is 11.6 Å². The Bertz CT molecular complexity index is 346. The van der Waals surface area contributed by atoms with Crippen molar-refractivity contribution in [1.29, 1.82) is 0 Å². The molecule has 1 saturated heterocycles. The van der Waals surface area contributed by atoms with E-state index in [1.54, 1.807) is 0 Å². The van der Waals surface area contributed by atoms with Crippen LogP contribution in [-0.4, -0.2) is 43.2 Å². The molecule has 102 valence electrons. The standard InChI is InChI=1S/C12H17F3N2O/c13-12(14,15)10-3-6-17(7-4-10)11(18)9-2-1-5-16-8-9/h3,9,16H,1-2,4-8H2/t9-/m0/s1. The molecule has 2 heterocycles. The molecule has 6 heteroatoms. The minimum absolute atomic E-state index is 0.0142. The van der Waals surface area contributed by atoms with Crippen molar-refractivity contribution in [3.63, 3.8) is 0 Å². The highest BCUT2D eigenvalue weighted by Crippen LogP contribution is 2.30. The number of nitrogens with one attached hydrogen (secondary N) is 1. The van der Waals surface area contributed by atoms with E-state index in [4.69, 9.17) is 0 Å². The third kappa shape index (κ3) is 3.04. The molecule has 1 N–H and O–H groups in total. The van der Waals surface area contributed by atoms with Crippen LogP contribution in [0.25, 0.3) is 0 Å². The van der Waals surface area contributed by atoms with Crippen molar-refractivity contribution >= 4 is 5.91 Å². The van der Waals surface area contributed by atoms with Gasteiger partial charge in [-0.2, -0.15) is 13.2 Å².